The predicted octanol–water partition coefficient (Wildman–Crippen LogP) is 4.51. The SMILES string of the molecule is CC(NCCc1ccc(F)cc1)c1ccc(Cl)c(F)c1. The maximum Gasteiger partial charge on any atom is 0.142 e. The fourth-order valence-electron chi connectivity index (χ4n) is 1.98. The van der Waals surface area contributed by atoms with E-state index in [4.69, 9.17) is 11.6 Å². The Morgan fingerprint density at radius 3 is 2.45 bits per heavy atom. The van der Waals surface area contributed by atoms with Crippen molar-refractivity contribution in [2.75, 3.05) is 6.54 Å². The Balaban J connectivity index is 1.87. The highest BCUT2D eigenvalue weighted by Gasteiger charge is 2.07. The lowest BCUT2D eigenvalue weighted by Gasteiger charge is -2.14. The number of halogens is 3. The minimum absolute atomic E-state index is 0.0298. The highest BCUT2D eigenvalue weighted by Crippen LogP contribution is 2.20. The highest BCUT2D eigenvalue weighted by molar-refractivity contribution is 6.30. The molecule has 2 rings (SSSR count). The number of nitrogens with one attached hydrogen (secondary N) is 1. The Bertz CT molecular complexity index is 569. The van der Waals surface area contributed by atoms with Crippen LogP contribution < -0.4 is 5.32 Å². The van der Waals surface area contributed by atoms with Crippen molar-refractivity contribution < 1.29 is 8.78 Å². The molecule has 0 amide bonds. The zero-order chi connectivity index (χ0) is 14.5. The van der Waals surface area contributed by atoms with Gasteiger partial charge in [-0.25, -0.2) is 8.78 Å². The number of rotatable bonds is 5. The molecular formula is C16H16ClF2N. The highest BCUT2D eigenvalue weighted by atomic mass is 35.5. The smallest absolute Gasteiger partial charge is 0.142 e. The molecule has 0 saturated carbocycles. The lowest BCUT2D eigenvalue weighted by molar-refractivity contribution is 0.566. The maximum atomic E-state index is 13.4. The first kappa shape index (κ1) is 14.9. The molecule has 2 aromatic carbocycles. The molecule has 0 spiro atoms. The van der Waals surface area contributed by atoms with E-state index in [1.165, 1.54) is 18.2 Å². The van der Waals surface area contributed by atoms with E-state index in [2.05, 4.69) is 5.32 Å². The number of hydrogen-bond acceptors (Lipinski definition) is 1. The second kappa shape index (κ2) is 6.82. The van der Waals surface area contributed by atoms with Gasteiger partial charge in [-0.3, -0.25) is 0 Å². The van der Waals surface area contributed by atoms with Crippen LogP contribution in [0.1, 0.15) is 24.1 Å². The first-order valence-corrected chi connectivity index (χ1v) is 6.87. The van der Waals surface area contributed by atoms with E-state index in [9.17, 15) is 8.78 Å². The third-order valence-electron chi connectivity index (χ3n) is 3.22. The van der Waals surface area contributed by atoms with Crippen molar-refractivity contribution in [3.8, 4) is 0 Å². The Morgan fingerprint density at radius 1 is 1.10 bits per heavy atom. The van der Waals surface area contributed by atoms with Crippen LogP contribution in [-0.4, -0.2) is 6.54 Å². The zero-order valence-electron chi connectivity index (χ0n) is 11.2. The maximum absolute atomic E-state index is 13.4. The van der Waals surface area contributed by atoms with Crippen LogP contribution in [0.25, 0.3) is 0 Å². The van der Waals surface area contributed by atoms with Gasteiger partial charge in [0.1, 0.15) is 11.6 Å². The Morgan fingerprint density at radius 2 is 1.80 bits per heavy atom. The quantitative estimate of drug-likeness (QED) is 0.855. The molecule has 0 bridgehead atoms. The van der Waals surface area contributed by atoms with Crippen LogP contribution in [0.2, 0.25) is 5.02 Å². The minimum Gasteiger partial charge on any atom is -0.310 e. The van der Waals surface area contributed by atoms with Crippen LogP contribution in [0, 0.1) is 11.6 Å². The summed E-state index contributed by atoms with van der Waals surface area (Å²) < 4.78 is 26.1. The molecule has 0 aromatic heterocycles. The summed E-state index contributed by atoms with van der Waals surface area (Å²) >= 11 is 5.66. The normalized spacial score (nSPS) is 12.4. The van der Waals surface area contributed by atoms with Gasteiger partial charge in [0.25, 0.3) is 0 Å². The summed E-state index contributed by atoms with van der Waals surface area (Å²) in [5.74, 6) is -0.636. The van der Waals surface area contributed by atoms with Crippen molar-refractivity contribution in [2.45, 2.75) is 19.4 Å². The van der Waals surface area contributed by atoms with E-state index >= 15 is 0 Å². The molecule has 0 saturated heterocycles. The molecule has 1 unspecified atom stereocenters. The van der Waals surface area contributed by atoms with Gasteiger partial charge in [-0.2, -0.15) is 0 Å². The summed E-state index contributed by atoms with van der Waals surface area (Å²) in [5, 5.41) is 3.44. The number of benzene rings is 2. The third kappa shape index (κ3) is 4.02. The molecule has 0 heterocycles. The molecule has 106 valence electrons. The summed E-state index contributed by atoms with van der Waals surface area (Å²) in [6.45, 7) is 2.70. The van der Waals surface area contributed by atoms with E-state index in [1.54, 1.807) is 24.3 Å². The van der Waals surface area contributed by atoms with Gasteiger partial charge in [-0.05, 0) is 55.3 Å². The van der Waals surface area contributed by atoms with Gasteiger partial charge in [0.2, 0.25) is 0 Å². The molecule has 1 N–H and O–H groups in total. The molecule has 2 aromatic rings. The molecule has 0 radical (unpaired) electrons. The largest absolute Gasteiger partial charge is 0.310 e. The standard InChI is InChI=1S/C16H16ClF2N/c1-11(13-4-7-15(17)16(19)10-13)20-9-8-12-2-5-14(18)6-3-12/h2-7,10-11,20H,8-9H2,1H3. The molecule has 1 nitrogen and oxygen atoms in total. The van der Waals surface area contributed by atoms with Gasteiger partial charge in [0.15, 0.2) is 0 Å². The van der Waals surface area contributed by atoms with Crippen molar-refractivity contribution in [3.63, 3.8) is 0 Å². The van der Waals surface area contributed by atoms with Crippen molar-refractivity contribution in [2.24, 2.45) is 0 Å². The monoisotopic (exact) mass is 295 g/mol. The van der Waals surface area contributed by atoms with Gasteiger partial charge in [-0.1, -0.05) is 29.8 Å². The van der Waals surface area contributed by atoms with Crippen molar-refractivity contribution in [3.05, 3.63) is 70.2 Å². The van der Waals surface area contributed by atoms with Gasteiger partial charge < -0.3 is 5.32 Å². The van der Waals surface area contributed by atoms with Crippen LogP contribution in [0.15, 0.2) is 42.5 Å². The van der Waals surface area contributed by atoms with Gasteiger partial charge in [0, 0.05) is 6.04 Å². The lowest BCUT2D eigenvalue weighted by atomic mass is 10.1. The fourth-order valence-corrected chi connectivity index (χ4v) is 2.10. The van der Waals surface area contributed by atoms with Crippen LogP contribution in [0.3, 0.4) is 0 Å². The molecule has 4 heteroatoms. The van der Waals surface area contributed by atoms with Gasteiger partial charge >= 0.3 is 0 Å². The third-order valence-corrected chi connectivity index (χ3v) is 3.53. The average Bonchev–Trinajstić information content (AvgIpc) is 2.44. The predicted molar refractivity (Wildman–Crippen MR) is 77.9 cm³/mol. The van der Waals surface area contributed by atoms with E-state index in [1.807, 2.05) is 6.92 Å². The van der Waals surface area contributed by atoms with Crippen LogP contribution in [0.4, 0.5) is 8.78 Å². The molecule has 0 fully saturated rings. The second-order valence-corrected chi connectivity index (χ2v) is 5.13. The van der Waals surface area contributed by atoms with Crippen LogP contribution in [0.5, 0.6) is 0 Å². The minimum atomic E-state index is -0.406. The summed E-state index contributed by atoms with van der Waals surface area (Å²) in [7, 11) is 0. The Kier molecular flexibility index (Phi) is 5.10. The summed E-state index contributed by atoms with van der Waals surface area (Å²) in [6.07, 6.45) is 0.792. The van der Waals surface area contributed by atoms with Crippen molar-refractivity contribution in [1.29, 1.82) is 0 Å². The number of hydrogen-bond donors (Lipinski definition) is 1. The van der Waals surface area contributed by atoms with E-state index in [0.29, 0.717) is 0 Å². The molecule has 0 aliphatic carbocycles. The average molecular weight is 296 g/mol. The Hall–Kier alpha value is -1.45. The molecule has 1 atom stereocenters. The molecule has 20 heavy (non-hydrogen) atoms. The molecule has 0 aliphatic rings. The van der Waals surface area contributed by atoms with E-state index < -0.39 is 5.82 Å². The molecular weight excluding hydrogens is 280 g/mol. The summed E-state index contributed by atoms with van der Waals surface area (Å²) in [4.78, 5) is 0. The van der Waals surface area contributed by atoms with E-state index in [0.717, 1.165) is 24.1 Å². The van der Waals surface area contributed by atoms with E-state index in [-0.39, 0.29) is 16.9 Å². The first-order chi connectivity index (χ1) is 9.56. The molecule has 0 aliphatic heterocycles. The summed E-state index contributed by atoms with van der Waals surface area (Å²) in [5.41, 5.74) is 1.92. The zero-order valence-corrected chi connectivity index (χ0v) is 11.9. The first-order valence-electron chi connectivity index (χ1n) is 6.49. The van der Waals surface area contributed by atoms with Crippen molar-refractivity contribution in [1.82, 2.24) is 5.32 Å². The topological polar surface area (TPSA) is 12.0 Å². The van der Waals surface area contributed by atoms with Crippen molar-refractivity contribution >= 4 is 11.6 Å². The summed E-state index contributed by atoms with van der Waals surface area (Å²) in [6, 6.07) is 11.3. The van der Waals surface area contributed by atoms with Crippen LogP contribution >= 0.6 is 11.6 Å². The van der Waals surface area contributed by atoms with Gasteiger partial charge in [0.05, 0.1) is 5.02 Å². The van der Waals surface area contributed by atoms with Crippen LogP contribution in [-0.2, 0) is 6.42 Å². The second-order valence-electron chi connectivity index (χ2n) is 4.73. The lowest BCUT2D eigenvalue weighted by Crippen LogP contribution is -2.21. The van der Waals surface area contributed by atoms with Gasteiger partial charge in [-0.15, -0.1) is 0 Å². The Labute approximate surface area is 122 Å². The fraction of sp³-hybridized carbons (Fsp3) is 0.250.